The lowest BCUT2D eigenvalue weighted by Gasteiger charge is -2.39. The quantitative estimate of drug-likeness (QED) is 0.597. The normalized spacial score (nSPS) is 31.6. The predicted molar refractivity (Wildman–Crippen MR) is 82.8 cm³/mol. The van der Waals surface area contributed by atoms with Crippen LogP contribution in [0.5, 0.6) is 0 Å². The summed E-state index contributed by atoms with van der Waals surface area (Å²) in [5, 5.41) is 13.3. The molecule has 0 aromatic heterocycles. The topological polar surface area (TPSA) is 47.9 Å². The summed E-state index contributed by atoms with van der Waals surface area (Å²) in [6.45, 7) is 7.51. The van der Waals surface area contributed by atoms with E-state index in [4.69, 9.17) is 0 Å². The monoisotopic (exact) mass is 285 g/mol. The molecule has 1 saturated heterocycles. The molecule has 1 saturated carbocycles. The van der Waals surface area contributed by atoms with E-state index >= 15 is 0 Å². The lowest BCUT2D eigenvalue weighted by Crippen LogP contribution is -2.51. The molecule has 1 aliphatic heterocycles. The molecule has 1 aliphatic carbocycles. The van der Waals surface area contributed by atoms with Crippen molar-refractivity contribution < 1.29 is 5.11 Å². The molecule has 2 unspecified atom stereocenters. The largest absolute Gasteiger partial charge is 0.393 e. The van der Waals surface area contributed by atoms with Gasteiger partial charge in [-0.05, 0) is 26.7 Å². The van der Waals surface area contributed by atoms with Crippen LogP contribution in [-0.2, 0) is 0 Å². The maximum absolute atomic E-state index is 9.87. The fourth-order valence-corrected chi connectivity index (χ4v) is 4.12. The number of aliphatic hydroxyl groups is 1. The first-order chi connectivity index (χ1) is 9.02. The zero-order valence-corrected chi connectivity index (χ0v) is 13.2. The van der Waals surface area contributed by atoms with Crippen LogP contribution in [-0.4, -0.2) is 59.3 Å². The second-order valence-electron chi connectivity index (χ2n) is 6.22. The third-order valence-electron chi connectivity index (χ3n) is 4.08. The Balaban J connectivity index is 1.86. The number of nitrogens with zero attached hydrogens (tertiary/aromatic N) is 2. The predicted octanol–water partition coefficient (Wildman–Crippen LogP) is 1.55. The minimum absolute atomic E-state index is 0.126. The molecular weight excluding hydrogens is 258 g/mol. The zero-order valence-electron chi connectivity index (χ0n) is 12.4. The van der Waals surface area contributed by atoms with Crippen molar-refractivity contribution in [2.75, 3.05) is 32.4 Å². The molecular formula is C14H27N3OS. The van der Waals surface area contributed by atoms with Gasteiger partial charge in [0.1, 0.15) is 0 Å². The molecule has 19 heavy (non-hydrogen) atoms. The molecule has 0 bridgehead atoms. The highest BCUT2D eigenvalue weighted by molar-refractivity contribution is 8.00. The van der Waals surface area contributed by atoms with E-state index in [1.54, 1.807) is 0 Å². The van der Waals surface area contributed by atoms with Gasteiger partial charge in [0.05, 0.1) is 6.10 Å². The molecule has 1 heterocycles. The number of hydrogen-bond donors (Lipinski definition) is 2. The third kappa shape index (κ3) is 4.02. The molecule has 0 amide bonds. The van der Waals surface area contributed by atoms with E-state index in [9.17, 15) is 5.11 Å². The third-order valence-corrected chi connectivity index (χ3v) is 5.38. The van der Waals surface area contributed by atoms with Gasteiger partial charge in [0.2, 0.25) is 0 Å². The van der Waals surface area contributed by atoms with Gasteiger partial charge in [0, 0.05) is 43.1 Å². The van der Waals surface area contributed by atoms with Gasteiger partial charge in [0.15, 0.2) is 5.96 Å². The minimum atomic E-state index is -0.126. The smallest absolute Gasteiger partial charge is 0.193 e. The van der Waals surface area contributed by atoms with Crippen LogP contribution in [0.3, 0.4) is 0 Å². The van der Waals surface area contributed by atoms with E-state index < -0.39 is 0 Å². The summed E-state index contributed by atoms with van der Waals surface area (Å²) in [5.74, 6) is 2.54. The van der Waals surface area contributed by atoms with Crippen molar-refractivity contribution >= 4 is 17.7 Å². The Hall–Kier alpha value is -0.420. The molecule has 2 atom stereocenters. The van der Waals surface area contributed by atoms with Crippen LogP contribution in [0.25, 0.3) is 0 Å². The molecule has 5 heteroatoms. The van der Waals surface area contributed by atoms with E-state index in [0.717, 1.165) is 50.6 Å². The van der Waals surface area contributed by atoms with Gasteiger partial charge < -0.3 is 15.3 Å². The number of rotatable bonds is 2. The first kappa shape index (κ1) is 15.0. The van der Waals surface area contributed by atoms with Gasteiger partial charge in [-0.25, -0.2) is 0 Å². The Morgan fingerprint density at radius 3 is 2.84 bits per heavy atom. The summed E-state index contributed by atoms with van der Waals surface area (Å²) in [6.07, 6.45) is 3.11. The Morgan fingerprint density at radius 2 is 2.26 bits per heavy atom. The van der Waals surface area contributed by atoms with Crippen molar-refractivity contribution in [3.05, 3.63) is 0 Å². The summed E-state index contributed by atoms with van der Waals surface area (Å²) < 4.78 is 0.294. The lowest BCUT2D eigenvalue weighted by molar-refractivity contribution is 0.133. The number of hydrogen-bond acceptors (Lipinski definition) is 3. The molecule has 0 aromatic carbocycles. The Labute approximate surface area is 121 Å². The van der Waals surface area contributed by atoms with Crippen molar-refractivity contribution in [2.24, 2.45) is 10.9 Å². The highest BCUT2D eigenvalue weighted by Crippen LogP contribution is 2.29. The minimum Gasteiger partial charge on any atom is -0.393 e. The van der Waals surface area contributed by atoms with E-state index in [1.807, 2.05) is 18.8 Å². The van der Waals surface area contributed by atoms with Crippen LogP contribution in [0.4, 0.5) is 0 Å². The van der Waals surface area contributed by atoms with Gasteiger partial charge in [-0.2, -0.15) is 11.8 Å². The number of guanidine groups is 1. The Kier molecular flexibility index (Phi) is 5.01. The fraction of sp³-hybridized carbons (Fsp3) is 0.929. The van der Waals surface area contributed by atoms with Crippen LogP contribution in [0.1, 0.15) is 33.1 Å². The number of thioether (sulfide) groups is 1. The summed E-state index contributed by atoms with van der Waals surface area (Å²) >= 11 is 2.03. The van der Waals surface area contributed by atoms with Gasteiger partial charge >= 0.3 is 0 Å². The molecule has 2 rings (SSSR count). The van der Waals surface area contributed by atoms with Crippen LogP contribution < -0.4 is 5.32 Å². The van der Waals surface area contributed by atoms with Gasteiger partial charge in [-0.3, -0.25) is 4.99 Å². The van der Waals surface area contributed by atoms with E-state index in [2.05, 4.69) is 29.1 Å². The lowest BCUT2D eigenvalue weighted by atomic mass is 10.1. The first-order valence-corrected chi connectivity index (χ1v) is 8.28. The second-order valence-corrected chi connectivity index (χ2v) is 8.02. The molecule has 110 valence electrons. The molecule has 0 radical (unpaired) electrons. The fourth-order valence-electron chi connectivity index (χ4n) is 3.01. The highest BCUT2D eigenvalue weighted by atomic mass is 32.2. The summed E-state index contributed by atoms with van der Waals surface area (Å²) in [6, 6.07) is 0. The van der Waals surface area contributed by atoms with Gasteiger partial charge in [-0.1, -0.05) is 6.42 Å². The molecule has 2 fully saturated rings. The molecule has 0 spiro atoms. The van der Waals surface area contributed by atoms with Crippen LogP contribution >= 0.6 is 11.8 Å². The van der Waals surface area contributed by atoms with Crippen molar-refractivity contribution in [1.82, 2.24) is 10.2 Å². The van der Waals surface area contributed by atoms with Crippen LogP contribution in [0, 0.1) is 5.92 Å². The number of aliphatic imine (C=N–C) groups is 1. The first-order valence-electron chi connectivity index (χ1n) is 7.29. The van der Waals surface area contributed by atoms with Crippen molar-refractivity contribution in [3.63, 3.8) is 0 Å². The summed E-state index contributed by atoms with van der Waals surface area (Å²) in [7, 11) is 1.85. The summed E-state index contributed by atoms with van der Waals surface area (Å²) in [4.78, 5) is 6.75. The van der Waals surface area contributed by atoms with Gasteiger partial charge in [0.25, 0.3) is 0 Å². The number of aliphatic hydroxyl groups excluding tert-OH is 1. The zero-order chi connectivity index (χ0) is 13.9. The van der Waals surface area contributed by atoms with Crippen molar-refractivity contribution in [3.8, 4) is 0 Å². The van der Waals surface area contributed by atoms with Crippen molar-refractivity contribution in [1.29, 1.82) is 0 Å². The Bertz CT molecular complexity index is 333. The standard InChI is InChI=1S/C14H27N3OS/c1-14(2)10-17(7-8-19-14)13(15-3)16-9-11-5-4-6-12(11)18/h11-12,18H,4-10H2,1-3H3,(H,15,16). The van der Waals surface area contributed by atoms with E-state index in [0.29, 0.717) is 10.7 Å². The molecule has 0 aromatic rings. The maximum Gasteiger partial charge on any atom is 0.193 e. The molecule has 2 N–H and O–H groups in total. The van der Waals surface area contributed by atoms with Crippen LogP contribution in [0.2, 0.25) is 0 Å². The van der Waals surface area contributed by atoms with Crippen LogP contribution in [0.15, 0.2) is 4.99 Å². The highest BCUT2D eigenvalue weighted by Gasteiger charge is 2.30. The average Bonchev–Trinajstić information content (AvgIpc) is 2.75. The molecule has 4 nitrogen and oxygen atoms in total. The van der Waals surface area contributed by atoms with Gasteiger partial charge in [-0.15, -0.1) is 0 Å². The second kappa shape index (κ2) is 6.35. The van der Waals surface area contributed by atoms with E-state index in [1.165, 1.54) is 0 Å². The van der Waals surface area contributed by atoms with Crippen molar-refractivity contribution in [2.45, 2.75) is 44.0 Å². The summed E-state index contributed by atoms with van der Waals surface area (Å²) in [5.41, 5.74) is 0. The average molecular weight is 285 g/mol. The van der Waals surface area contributed by atoms with E-state index in [-0.39, 0.29) is 6.10 Å². The Morgan fingerprint density at radius 1 is 1.47 bits per heavy atom. The molecule has 2 aliphatic rings. The number of nitrogens with one attached hydrogen (secondary N) is 1. The maximum atomic E-state index is 9.87. The SMILES string of the molecule is CN=C(NCC1CCCC1O)N1CCSC(C)(C)C1.